The first kappa shape index (κ1) is 21.4. The summed E-state index contributed by atoms with van der Waals surface area (Å²) in [5.41, 5.74) is 3.45. The van der Waals surface area contributed by atoms with E-state index in [-0.39, 0.29) is 0 Å². The zero-order valence-corrected chi connectivity index (χ0v) is 18.2. The number of rotatable bonds is 13. The fourth-order valence-corrected chi connectivity index (χ4v) is 4.02. The van der Waals surface area contributed by atoms with Crippen molar-refractivity contribution in [2.45, 2.75) is 77.7 Å². The average Bonchev–Trinajstić information content (AvgIpc) is 3.14. The smallest absolute Gasteiger partial charge is 0.141 e. The number of nitrogens with zero attached hydrogens (tertiary/aromatic N) is 2. The van der Waals surface area contributed by atoms with Gasteiger partial charge in [0, 0.05) is 12.1 Å². The highest BCUT2D eigenvalue weighted by atomic mass is 16.5. The van der Waals surface area contributed by atoms with Gasteiger partial charge in [-0.1, -0.05) is 76.8 Å². The van der Waals surface area contributed by atoms with E-state index < -0.39 is 0 Å². The van der Waals surface area contributed by atoms with Gasteiger partial charge in [0.2, 0.25) is 0 Å². The Labute approximate surface area is 176 Å². The maximum atomic E-state index is 5.31. The summed E-state index contributed by atoms with van der Waals surface area (Å²) in [6.45, 7) is 3.31. The quantitative estimate of drug-likeness (QED) is 0.280. The van der Waals surface area contributed by atoms with Crippen LogP contribution in [0.1, 0.15) is 71.1 Å². The first-order valence-electron chi connectivity index (χ1n) is 11.4. The van der Waals surface area contributed by atoms with Crippen molar-refractivity contribution >= 4 is 11.0 Å². The predicted octanol–water partition coefficient (Wildman–Crippen LogP) is 7.63. The van der Waals surface area contributed by atoms with Gasteiger partial charge in [-0.2, -0.15) is 0 Å². The fraction of sp³-hybridized carbons (Fsp3) is 0.500. The Bertz CT molecular complexity index is 851. The minimum Gasteiger partial charge on any atom is -0.497 e. The van der Waals surface area contributed by atoms with E-state index in [0.29, 0.717) is 0 Å². The molecule has 1 heterocycles. The topological polar surface area (TPSA) is 27.1 Å². The lowest BCUT2D eigenvalue weighted by atomic mass is 10.1. The number of hydrogen-bond acceptors (Lipinski definition) is 2. The lowest BCUT2D eigenvalue weighted by molar-refractivity contribution is 0.415. The predicted molar refractivity (Wildman–Crippen MR) is 124 cm³/mol. The Morgan fingerprint density at radius 1 is 0.759 bits per heavy atom. The van der Waals surface area contributed by atoms with E-state index >= 15 is 0 Å². The molecule has 0 unspecified atom stereocenters. The van der Waals surface area contributed by atoms with Crippen molar-refractivity contribution < 1.29 is 4.74 Å². The summed E-state index contributed by atoms with van der Waals surface area (Å²) < 4.78 is 7.70. The van der Waals surface area contributed by atoms with Crippen molar-refractivity contribution in [2.75, 3.05) is 7.11 Å². The standard InChI is InChI=1S/C26H36N2O/c1-3-4-5-6-7-8-9-10-11-14-21-28-25-16-13-12-15-24(25)27-26(28)22-17-19-23(29-2)20-18-22/h12-13,15-20H,3-11,14,21H2,1-2H3. The van der Waals surface area contributed by atoms with Gasteiger partial charge in [-0.15, -0.1) is 0 Å². The summed E-state index contributed by atoms with van der Waals surface area (Å²) in [5.74, 6) is 1.94. The second kappa shape index (κ2) is 11.6. The highest BCUT2D eigenvalue weighted by Gasteiger charge is 2.12. The molecule has 0 aliphatic heterocycles. The first-order chi connectivity index (χ1) is 14.3. The Morgan fingerprint density at radius 2 is 1.38 bits per heavy atom. The van der Waals surface area contributed by atoms with Crippen LogP contribution < -0.4 is 4.74 Å². The van der Waals surface area contributed by atoms with Crippen LogP contribution in [-0.2, 0) is 6.54 Å². The third-order valence-corrected chi connectivity index (χ3v) is 5.74. The molecule has 2 aromatic carbocycles. The highest BCUT2D eigenvalue weighted by molar-refractivity contribution is 5.80. The molecular weight excluding hydrogens is 356 g/mol. The summed E-state index contributed by atoms with van der Waals surface area (Å²) in [5, 5.41) is 0. The molecule has 0 saturated carbocycles. The van der Waals surface area contributed by atoms with Crippen molar-refractivity contribution in [3.8, 4) is 17.1 Å². The van der Waals surface area contributed by atoms with Crippen LogP contribution in [0.4, 0.5) is 0 Å². The molecule has 29 heavy (non-hydrogen) atoms. The zero-order valence-electron chi connectivity index (χ0n) is 18.2. The van der Waals surface area contributed by atoms with Gasteiger partial charge >= 0.3 is 0 Å². The maximum absolute atomic E-state index is 5.31. The van der Waals surface area contributed by atoms with E-state index in [0.717, 1.165) is 29.2 Å². The zero-order chi connectivity index (χ0) is 20.3. The van der Waals surface area contributed by atoms with Crippen molar-refractivity contribution in [3.05, 3.63) is 48.5 Å². The molecule has 0 atom stereocenters. The number of methoxy groups -OCH3 is 1. The van der Waals surface area contributed by atoms with E-state index in [1.54, 1.807) is 7.11 Å². The third-order valence-electron chi connectivity index (χ3n) is 5.74. The molecule has 0 radical (unpaired) electrons. The Hall–Kier alpha value is -2.29. The molecule has 1 aromatic heterocycles. The molecular formula is C26H36N2O. The number of para-hydroxylation sites is 2. The van der Waals surface area contributed by atoms with E-state index in [4.69, 9.17) is 9.72 Å². The molecule has 0 fully saturated rings. The summed E-state index contributed by atoms with van der Waals surface area (Å²) in [6, 6.07) is 16.7. The number of fused-ring (bicyclic) bond motifs is 1. The number of unbranched alkanes of at least 4 members (excludes halogenated alkanes) is 9. The Balaban J connectivity index is 1.55. The average molecular weight is 393 g/mol. The van der Waals surface area contributed by atoms with Gasteiger partial charge in [0.05, 0.1) is 18.1 Å². The van der Waals surface area contributed by atoms with E-state index in [2.05, 4.69) is 47.9 Å². The van der Waals surface area contributed by atoms with Crippen LogP contribution in [-0.4, -0.2) is 16.7 Å². The maximum Gasteiger partial charge on any atom is 0.141 e. The van der Waals surface area contributed by atoms with Gasteiger partial charge < -0.3 is 9.30 Å². The Kier molecular flexibility index (Phi) is 8.60. The Morgan fingerprint density at radius 3 is 2.03 bits per heavy atom. The van der Waals surface area contributed by atoms with Crippen LogP contribution in [0.5, 0.6) is 5.75 Å². The largest absolute Gasteiger partial charge is 0.497 e. The minimum atomic E-state index is 0.881. The lowest BCUT2D eigenvalue weighted by Crippen LogP contribution is -2.01. The fourth-order valence-electron chi connectivity index (χ4n) is 4.02. The van der Waals surface area contributed by atoms with Crippen molar-refractivity contribution in [1.82, 2.24) is 9.55 Å². The van der Waals surface area contributed by atoms with Crippen LogP contribution >= 0.6 is 0 Å². The lowest BCUT2D eigenvalue weighted by Gasteiger charge is -2.10. The van der Waals surface area contributed by atoms with E-state index in [1.807, 2.05) is 12.1 Å². The SMILES string of the molecule is CCCCCCCCCCCCn1c(-c2ccc(OC)cc2)nc2ccccc21. The van der Waals surface area contributed by atoms with Crippen molar-refractivity contribution in [3.63, 3.8) is 0 Å². The van der Waals surface area contributed by atoms with Crippen molar-refractivity contribution in [1.29, 1.82) is 0 Å². The second-order valence-corrected chi connectivity index (χ2v) is 7.99. The van der Waals surface area contributed by atoms with Crippen LogP contribution in [0, 0.1) is 0 Å². The molecule has 0 amide bonds. The van der Waals surface area contributed by atoms with Crippen LogP contribution in [0.3, 0.4) is 0 Å². The normalized spacial score (nSPS) is 11.2. The molecule has 0 spiro atoms. The molecule has 3 heteroatoms. The third kappa shape index (κ3) is 6.09. The number of aromatic nitrogens is 2. The molecule has 0 N–H and O–H groups in total. The van der Waals surface area contributed by atoms with Gasteiger partial charge in [-0.25, -0.2) is 4.98 Å². The van der Waals surface area contributed by atoms with Gasteiger partial charge in [0.15, 0.2) is 0 Å². The van der Waals surface area contributed by atoms with Crippen molar-refractivity contribution in [2.24, 2.45) is 0 Å². The number of benzene rings is 2. The van der Waals surface area contributed by atoms with Crippen LogP contribution in [0.25, 0.3) is 22.4 Å². The summed E-state index contributed by atoms with van der Waals surface area (Å²) in [7, 11) is 1.70. The first-order valence-corrected chi connectivity index (χ1v) is 11.4. The summed E-state index contributed by atoms with van der Waals surface area (Å²) in [4.78, 5) is 4.92. The summed E-state index contributed by atoms with van der Waals surface area (Å²) in [6.07, 6.45) is 13.6. The second-order valence-electron chi connectivity index (χ2n) is 7.99. The molecule has 156 valence electrons. The van der Waals surface area contributed by atoms with Gasteiger partial charge in [-0.3, -0.25) is 0 Å². The van der Waals surface area contributed by atoms with Gasteiger partial charge in [-0.05, 0) is 42.8 Å². The molecule has 3 nitrogen and oxygen atoms in total. The molecule has 3 rings (SSSR count). The van der Waals surface area contributed by atoms with Gasteiger partial charge in [0.1, 0.15) is 11.6 Å². The van der Waals surface area contributed by atoms with Crippen LogP contribution in [0.2, 0.25) is 0 Å². The molecule has 0 bridgehead atoms. The summed E-state index contributed by atoms with van der Waals surface area (Å²) >= 11 is 0. The number of ether oxygens (including phenoxy) is 1. The van der Waals surface area contributed by atoms with Crippen LogP contribution in [0.15, 0.2) is 48.5 Å². The highest BCUT2D eigenvalue weighted by Crippen LogP contribution is 2.27. The molecule has 3 aromatic rings. The molecule has 0 aliphatic rings. The number of aryl methyl sites for hydroxylation is 1. The molecule has 0 aliphatic carbocycles. The number of imidazole rings is 1. The van der Waals surface area contributed by atoms with E-state index in [9.17, 15) is 0 Å². The number of hydrogen-bond donors (Lipinski definition) is 0. The molecule has 0 saturated heterocycles. The van der Waals surface area contributed by atoms with Gasteiger partial charge in [0.25, 0.3) is 0 Å². The minimum absolute atomic E-state index is 0.881. The van der Waals surface area contributed by atoms with E-state index in [1.165, 1.54) is 69.7 Å². The monoisotopic (exact) mass is 392 g/mol.